The molecule has 1 fully saturated rings. The van der Waals surface area contributed by atoms with Crippen molar-refractivity contribution in [3.05, 3.63) is 102 Å². The van der Waals surface area contributed by atoms with Crippen molar-refractivity contribution in [1.29, 1.82) is 0 Å². The first-order valence-corrected chi connectivity index (χ1v) is 18.0. The van der Waals surface area contributed by atoms with E-state index in [0.29, 0.717) is 53.2 Å². The molecule has 270 valence electrons. The minimum atomic E-state index is -1.19. The van der Waals surface area contributed by atoms with Crippen LogP contribution < -0.4 is 25.7 Å². The van der Waals surface area contributed by atoms with Crippen LogP contribution in [0.15, 0.2) is 29.6 Å². The predicted octanol–water partition coefficient (Wildman–Crippen LogP) is 5.52. The minimum absolute atomic E-state index is 0. The average Bonchev–Trinajstić information content (AvgIpc) is 3.84. The van der Waals surface area contributed by atoms with E-state index in [9.17, 15) is 14.7 Å². The summed E-state index contributed by atoms with van der Waals surface area (Å²) in [6.45, 7) is 18.8. The fourth-order valence-electron chi connectivity index (χ4n) is 7.85. The maximum atomic E-state index is 14.2. The first-order valence-electron chi connectivity index (χ1n) is 18.0. The zero-order valence-corrected chi connectivity index (χ0v) is 33.1. The van der Waals surface area contributed by atoms with E-state index in [-0.39, 0.29) is 40.7 Å². The number of Topliss-reactive ketones (excluding diaryl/α,β-unsaturated/α-hetero) is 1. The molecule has 3 aromatic rings. The van der Waals surface area contributed by atoms with Crippen molar-refractivity contribution in [2.45, 2.75) is 86.9 Å². The molecule has 0 aromatic carbocycles. The van der Waals surface area contributed by atoms with Gasteiger partial charge in [-0.15, -0.1) is 33.5 Å². The molecule has 0 radical (unpaired) electrons. The fourth-order valence-corrected chi connectivity index (χ4v) is 7.85. The number of ketones is 1. The zero-order valence-electron chi connectivity index (χ0n) is 31.7. The maximum absolute atomic E-state index is 14.2. The molecule has 1 N–H and O–H groups in total. The van der Waals surface area contributed by atoms with Gasteiger partial charge >= 0.3 is 29.0 Å². The molecular weight excluding hydrogens is 665 g/mol. The summed E-state index contributed by atoms with van der Waals surface area (Å²) in [5, 5.41) is 17.7. The third-order valence-corrected chi connectivity index (χ3v) is 10.8. The molecule has 1 unspecified atom stereocenters. The standard InChI is InChI=1S/C42H49N4O5.Mg/c1-10-13-21(4)16-17-51-35(47)15-14-28-24(7)31-18-29-22(5)26(11-2)33(43-29)19-30-23(6)27(12-3)34(44-30)20-32-25(8)36-40(46-32)37(39(28)45-31)38(41(36)48)42(49)50-9;/h11,16,18-20,24,28,35,38,47H,2,10,12-15,17H2,1,3-9H3,(H-,45,46,48);/q-3;+2/p-1/b21-16+,30-19-,31-18-,34-20-;/t24-,28-,35?,38+;/m0./s1. The van der Waals surface area contributed by atoms with Crippen molar-refractivity contribution in [2.24, 2.45) is 17.8 Å². The van der Waals surface area contributed by atoms with Gasteiger partial charge in [-0.2, -0.15) is 11.4 Å². The molecule has 9 nitrogen and oxygen atoms in total. The van der Waals surface area contributed by atoms with Crippen LogP contribution >= 0.6 is 0 Å². The van der Waals surface area contributed by atoms with E-state index >= 15 is 0 Å². The Labute approximate surface area is 322 Å². The molecule has 1 saturated heterocycles. The summed E-state index contributed by atoms with van der Waals surface area (Å²) in [5.74, 6) is -2.56. The summed E-state index contributed by atoms with van der Waals surface area (Å²) in [4.78, 5) is 42.8. The van der Waals surface area contributed by atoms with Crippen LogP contribution in [0.5, 0.6) is 0 Å². The third kappa shape index (κ3) is 6.98. The number of aromatic nitrogens is 3. The molecule has 0 amide bonds. The Kier molecular flexibility index (Phi) is 12.1. The van der Waals surface area contributed by atoms with E-state index in [0.717, 1.165) is 69.3 Å². The summed E-state index contributed by atoms with van der Waals surface area (Å²) < 4.78 is 11.0. The molecule has 0 saturated carbocycles. The van der Waals surface area contributed by atoms with E-state index in [2.05, 4.69) is 41.2 Å². The first kappa shape index (κ1) is 39.4. The summed E-state index contributed by atoms with van der Waals surface area (Å²) in [7, 11) is 1.30. The number of hydrogen-bond donors (Lipinski definition) is 1. The molecule has 10 heteroatoms. The second-order valence-corrected chi connectivity index (χ2v) is 14.0. The molecule has 6 rings (SSSR count). The number of methoxy groups -OCH3 is 1. The van der Waals surface area contributed by atoms with Gasteiger partial charge in [-0.25, -0.2) is 0 Å². The fraction of sp³-hybridized carbons (Fsp3) is 0.429. The monoisotopic (exact) mass is 712 g/mol. The number of carbonyl (C=O) groups excluding carboxylic acids is 2. The molecular formula is C42H48MgN4O5-2. The van der Waals surface area contributed by atoms with Gasteiger partial charge < -0.3 is 34.8 Å². The number of ether oxygens (including phenoxy) is 2. The Morgan fingerprint density at radius 3 is 2.40 bits per heavy atom. The van der Waals surface area contributed by atoms with Crippen LogP contribution in [0, 0.1) is 38.5 Å². The van der Waals surface area contributed by atoms with Crippen molar-refractivity contribution < 1.29 is 24.2 Å². The number of rotatable bonds is 11. The van der Waals surface area contributed by atoms with E-state index in [1.165, 1.54) is 12.7 Å². The molecule has 4 atom stereocenters. The first-order chi connectivity index (χ1) is 24.4. The van der Waals surface area contributed by atoms with Crippen LogP contribution in [0.4, 0.5) is 0 Å². The Morgan fingerprint density at radius 2 is 1.73 bits per heavy atom. The van der Waals surface area contributed by atoms with E-state index in [4.69, 9.17) is 29.7 Å². The van der Waals surface area contributed by atoms with Crippen LogP contribution in [0.25, 0.3) is 35.2 Å². The van der Waals surface area contributed by atoms with Crippen LogP contribution in [-0.4, -0.2) is 59.9 Å². The average molecular weight is 713 g/mol. The topological polar surface area (TPSA) is 129 Å². The molecule has 3 aliphatic rings. The van der Waals surface area contributed by atoms with Crippen LogP contribution in [0.2, 0.25) is 0 Å². The number of esters is 1. The molecule has 0 spiro atoms. The normalized spacial score (nSPS) is 23.5. The molecule has 3 aromatic heterocycles. The summed E-state index contributed by atoms with van der Waals surface area (Å²) in [5.41, 5.74) is 10.9. The largest absolute Gasteiger partial charge is 2.00 e. The second-order valence-electron chi connectivity index (χ2n) is 14.0. The van der Waals surface area contributed by atoms with Crippen LogP contribution in [-0.2, 0) is 20.7 Å². The van der Waals surface area contributed by atoms with Gasteiger partial charge in [-0.3, -0.25) is 9.59 Å². The number of fused-ring (bicyclic) bond motifs is 7. The van der Waals surface area contributed by atoms with E-state index in [1.807, 2.05) is 44.2 Å². The van der Waals surface area contributed by atoms with Crippen molar-refractivity contribution >= 4 is 64.7 Å². The SMILES string of the molecule is C=Cc1c2[n-]c(c1C)/C=C1\[N-]/C(=C3\c4[n-]c(c(C)c4C(=O)[C@@H]3C(=O)OC)/C=c3\[n-]/c(c(C)c3CC)=C\2)[C@@H](CCC(O)OC/C=C(\C)CCC)[C@@H]1C.[Mg+2]. The summed E-state index contributed by atoms with van der Waals surface area (Å²) in [6, 6.07) is 0. The van der Waals surface area contributed by atoms with Crippen molar-refractivity contribution in [1.82, 2.24) is 15.0 Å². The Balaban J connectivity index is 0.00000523. The zero-order chi connectivity index (χ0) is 36.7. The van der Waals surface area contributed by atoms with Crippen LogP contribution in [0.3, 0.4) is 0 Å². The van der Waals surface area contributed by atoms with Gasteiger partial charge in [0.15, 0.2) is 12.1 Å². The van der Waals surface area contributed by atoms with E-state index in [1.54, 1.807) is 0 Å². The van der Waals surface area contributed by atoms with Gasteiger partial charge in [0, 0.05) is 5.56 Å². The Hall–Kier alpha value is -3.83. The number of aliphatic hydroxyl groups excluding tert-OH is 1. The number of aliphatic hydroxyl groups is 1. The minimum Gasteiger partial charge on any atom is -0.664 e. The number of hydrogen-bond acceptors (Lipinski definition) is 5. The summed E-state index contributed by atoms with van der Waals surface area (Å²) in [6.07, 6.45) is 12.4. The Bertz CT molecular complexity index is 2120. The molecule has 5 heterocycles. The van der Waals surface area contributed by atoms with Gasteiger partial charge in [0.2, 0.25) is 0 Å². The Morgan fingerprint density at radius 1 is 1.02 bits per heavy atom. The maximum Gasteiger partial charge on any atom is 2.00 e. The molecule has 52 heavy (non-hydrogen) atoms. The molecule has 2 aliphatic heterocycles. The quantitative estimate of drug-likeness (QED) is 0.0906. The van der Waals surface area contributed by atoms with Gasteiger partial charge in [-0.1, -0.05) is 97.6 Å². The number of nitrogens with zero attached hydrogens (tertiary/aromatic N) is 4. The predicted molar refractivity (Wildman–Crippen MR) is 206 cm³/mol. The van der Waals surface area contributed by atoms with Crippen molar-refractivity contribution in [3.8, 4) is 0 Å². The molecule has 1 aliphatic carbocycles. The molecule has 8 bridgehead atoms. The van der Waals surface area contributed by atoms with Crippen LogP contribution in [0.1, 0.15) is 114 Å². The number of allylic oxidation sites excluding steroid dienone is 3. The van der Waals surface area contributed by atoms with Crippen molar-refractivity contribution in [2.75, 3.05) is 13.7 Å². The second kappa shape index (κ2) is 16.0. The van der Waals surface area contributed by atoms with E-state index < -0.39 is 18.2 Å². The van der Waals surface area contributed by atoms with Gasteiger partial charge in [0.1, 0.15) is 5.92 Å². The summed E-state index contributed by atoms with van der Waals surface area (Å²) >= 11 is 0. The van der Waals surface area contributed by atoms with Gasteiger partial charge in [0.25, 0.3) is 0 Å². The van der Waals surface area contributed by atoms with Crippen molar-refractivity contribution in [3.63, 3.8) is 0 Å². The smallest absolute Gasteiger partial charge is 0.664 e. The number of carbonyl (C=O) groups is 2. The van der Waals surface area contributed by atoms with Gasteiger partial charge in [0.05, 0.1) is 13.7 Å². The van der Waals surface area contributed by atoms with Gasteiger partial charge in [-0.05, 0) is 70.8 Å². The third-order valence-electron chi connectivity index (χ3n) is 10.8.